The van der Waals surface area contributed by atoms with Crippen LogP contribution in [-0.2, 0) is 13.0 Å². The third-order valence-corrected chi connectivity index (χ3v) is 4.81. The van der Waals surface area contributed by atoms with Crippen molar-refractivity contribution in [2.45, 2.75) is 13.1 Å². The lowest BCUT2D eigenvalue weighted by Gasteiger charge is -2.20. The summed E-state index contributed by atoms with van der Waals surface area (Å²) in [6.45, 7) is 3.81. The second-order valence-electron chi connectivity index (χ2n) is 1.58. The van der Waals surface area contributed by atoms with Crippen molar-refractivity contribution in [3.8, 4) is 0 Å². The van der Waals surface area contributed by atoms with Crippen molar-refractivity contribution < 1.29 is 13.0 Å². The maximum atomic E-state index is 5.25. The van der Waals surface area contributed by atoms with E-state index in [0.717, 1.165) is 0 Å². The van der Waals surface area contributed by atoms with E-state index in [1.165, 1.54) is 0 Å². The van der Waals surface area contributed by atoms with Gasteiger partial charge in [0, 0.05) is 20.8 Å². The third kappa shape index (κ3) is 3.12. The van der Waals surface area contributed by atoms with Gasteiger partial charge in [-0.1, -0.05) is 0 Å². The molecule has 0 bridgehead atoms. The van der Waals surface area contributed by atoms with E-state index in [-0.39, 0.29) is 0 Å². The summed E-state index contributed by atoms with van der Waals surface area (Å²) in [6, 6.07) is 0. The standard InChI is InChI=1S/C4H12O3Si2/c1-5-9(4,6-2)7-8-3/h1-4H3. The maximum Gasteiger partial charge on any atom is 0.486 e. The first-order chi connectivity index (χ1) is 4.18. The first-order valence-corrected chi connectivity index (χ1v) is 6.27. The van der Waals surface area contributed by atoms with Crippen molar-refractivity contribution in [1.29, 1.82) is 0 Å². The zero-order valence-electron chi connectivity index (χ0n) is 6.22. The second kappa shape index (κ2) is 4.18. The Morgan fingerprint density at radius 1 is 1.22 bits per heavy atom. The molecule has 54 valence electrons. The highest BCUT2D eigenvalue weighted by Crippen LogP contribution is 2.03. The molecule has 0 saturated heterocycles. The van der Waals surface area contributed by atoms with Gasteiger partial charge < -0.3 is 13.0 Å². The van der Waals surface area contributed by atoms with Gasteiger partial charge in [0.2, 0.25) is 9.76 Å². The molecule has 0 saturated carbocycles. The van der Waals surface area contributed by atoms with E-state index in [4.69, 9.17) is 13.0 Å². The van der Waals surface area contributed by atoms with Crippen molar-refractivity contribution in [3.05, 3.63) is 0 Å². The molecular weight excluding hydrogens is 152 g/mol. The van der Waals surface area contributed by atoms with Crippen LogP contribution in [0.15, 0.2) is 0 Å². The van der Waals surface area contributed by atoms with Crippen LogP contribution in [-0.4, -0.2) is 32.8 Å². The maximum absolute atomic E-state index is 5.25. The summed E-state index contributed by atoms with van der Waals surface area (Å²) in [6.07, 6.45) is 0. The molecule has 0 atom stereocenters. The lowest BCUT2D eigenvalue weighted by Crippen LogP contribution is -2.40. The van der Waals surface area contributed by atoms with Gasteiger partial charge >= 0.3 is 8.80 Å². The molecule has 0 aliphatic rings. The predicted octanol–water partition coefficient (Wildman–Crippen LogP) is 0.532. The molecule has 0 aliphatic heterocycles. The minimum atomic E-state index is -2.18. The van der Waals surface area contributed by atoms with Gasteiger partial charge in [-0.05, 0) is 6.55 Å². The molecule has 3 nitrogen and oxygen atoms in total. The number of hydrogen-bond acceptors (Lipinski definition) is 3. The molecule has 0 fully saturated rings. The van der Waals surface area contributed by atoms with Crippen LogP contribution in [0.5, 0.6) is 0 Å². The first kappa shape index (κ1) is 9.31. The average Bonchev–Trinajstić information content (AvgIpc) is 1.89. The molecule has 0 aliphatic carbocycles. The van der Waals surface area contributed by atoms with Crippen LogP contribution in [0.1, 0.15) is 0 Å². The van der Waals surface area contributed by atoms with E-state index in [1.54, 1.807) is 14.2 Å². The molecule has 0 N–H and O–H groups in total. The average molecular weight is 164 g/mol. The van der Waals surface area contributed by atoms with Crippen LogP contribution >= 0.6 is 0 Å². The minimum absolute atomic E-state index is 0.435. The monoisotopic (exact) mass is 164 g/mol. The number of rotatable bonds is 4. The van der Waals surface area contributed by atoms with Gasteiger partial charge in [0.05, 0.1) is 0 Å². The summed E-state index contributed by atoms with van der Waals surface area (Å²) < 4.78 is 15.3. The predicted molar refractivity (Wildman–Crippen MR) is 38.3 cm³/mol. The SMILES string of the molecule is CO[Si](C)(OC)O[Si]C. The molecule has 0 unspecified atom stereocenters. The molecule has 9 heavy (non-hydrogen) atoms. The van der Waals surface area contributed by atoms with Crippen LogP contribution in [0.2, 0.25) is 13.1 Å². The van der Waals surface area contributed by atoms with Crippen molar-refractivity contribution in [3.63, 3.8) is 0 Å². The molecule has 0 spiro atoms. The molecule has 0 aromatic heterocycles. The van der Waals surface area contributed by atoms with E-state index >= 15 is 0 Å². The fraction of sp³-hybridized carbons (Fsp3) is 1.00. The number of hydrogen-bond donors (Lipinski definition) is 0. The quantitative estimate of drug-likeness (QED) is 0.567. The summed E-state index contributed by atoms with van der Waals surface area (Å²) in [4.78, 5) is 0. The zero-order valence-corrected chi connectivity index (χ0v) is 8.22. The van der Waals surface area contributed by atoms with E-state index in [9.17, 15) is 0 Å². The molecule has 5 heteroatoms. The molecule has 2 radical (unpaired) electrons. The fourth-order valence-electron chi connectivity index (χ4n) is 0.352. The van der Waals surface area contributed by atoms with Gasteiger partial charge in [-0.3, -0.25) is 0 Å². The summed E-state index contributed by atoms with van der Waals surface area (Å²) in [7, 11) is 1.46. The van der Waals surface area contributed by atoms with Gasteiger partial charge in [0.15, 0.2) is 0 Å². The Labute approximate surface area is 59.6 Å². The summed E-state index contributed by atoms with van der Waals surface area (Å²) in [5.41, 5.74) is 0. The Bertz CT molecular complexity index is 74.2. The topological polar surface area (TPSA) is 27.7 Å². The first-order valence-electron chi connectivity index (χ1n) is 2.63. The van der Waals surface area contributed by atoms with Crippen molar-refractivity contribution in [2.75, 3.05) is 14.2 Å². The van der Waals surface area contributed by atoms with E-state index < -0.39 is 8.80 Å². The summed E-state index contributed by atoms with van der Waals surface area (Å²) in [5, 5.41) is 0. The Morgan fingerprint density at radius 3 is 1.78 bits per heavy atom. The molecule has 0 aromatic rings. The van der Waals surface area contributed by atoms with Gasteiger partial charge in [-0.25, -0.2) is 0 Å². The minimum Gasteiger partial charge on any atom is -0.415 e. The Balaban J connectivity index is 3.62. The normalized spacial score (nSPS) is 12.0. The molecule has 0 rings (SSSR count). The largest absolute Gasteiger partial charge is 0.486 e. The van der Waals surface area contributed by atoms with Gasteiger partial charge in [-0.2, -0.15) is 0 Å². The van der Waals surface area contributed by atoms with Crippen molar-refractivity contribution in [1.82, 2.24) is 0 Å². The zero-order chi connectivity index (χ0) is 7.33. The summed E-state index contributed by atoms with van der Waals surface area (Å²) in [5.74, 6) is 0. The van der Waals surface area contributed by atoms with Crippen LogP contribution in [0.4, 0.5) is 0 Å². The third-order valence-electron chi connectivity index (χ3n) is 1.03. The molecule has 0 heterocycles. The highest BCUT2D eigenvalue weighted by atomic mass is 28.4. The van der Waals surface area contributed by atoms with E-state index in [1.807, 2.05) is 13.1 Å². The van der Waals surface area contributed by atoms with Crippen LogP contribution in [0, 0.1) is 0 Å². The van der Waals surface area contributed by atoms with Crippen molar-refractivity contribution >= 4 is 18.6 Å². The Kier molecular flexibility index (Phi) is 4.33. The van der Waals surface area contributed by atoms with Crippen LogP contribution in [0.25, 0.3) is 0 Å². The molecule has 0 amide bonds. The Morgan fingerprint density at radius 2 is 1.67 bits per heavy atom. The lowest BCUT2D eigenvalue weighted by atomic mass is 11.8. The summed E-state index contributed by atoms with van der Waals surface area (Å²) >= 11 is 0. The van der Waals surface area contributed by atoms with E-state index in [0.29, 0.717) is 9.76 Å². The smallest absolute Gasteiger partial charge is 0.415 e. The van der Waals surface area contributed by atoms with Crippen LogP contribution in [0.3, 0.4) is 0 Å². The lowest BCUT2D eigenvalue weighted by molar-refractivity contribution is 0.173. The fourth-order valence-corrected chi connectivity index (χ4v) is 2.67. The second-order valence-corrected chi connectivity index (χ2v) is 5.34. The highest BCUT2D eigenvalue weighted by Gasteiger charge is 2.30. The molecule has 0 aromatic carbocycles. The van der Waals surface area contributed by atoms with Gasteiger partial charge in [-0.15, -0.1) is 0 Å². The van der Waals surface area contributed by atoms with E-state index in [2.05, 4.69) is 0 Å². The van der Waals surface area contributed by atoms with Gasteiger partial charge in [0.1, 0.15) is 0 Å². The molecular formula is C4H12O3Si2. The Hall–Kier alpha value is 0.314. The van der Waals surface area contributed by atoms with Gasteiger partial charge in [0.25, 0.3) is 0 Å². The highest BCUT2D eigenvalue weighted by molar-refractivity contribution is 6.64. The van der Waals surface area contributed by atoms with Crippen LogP contribution < -0.4 is 0 Å². The van der Waals surface area contributed by atoms with Crippen molar-refractivity contribution in [2.24, 2.45) is 0 Å².